The van der Waals surface area contributed by atoms with Gasteiger partial charge in [0.2, 0.25) is 0 Å². The van der Waals surface area contributed by atoms with E-state index in [9.17, 15) is 0 Å². The summed E-state index contributed by atoms with van der Waals surface area (Å²) in [6.45, 7) is 8.41. The first-order chi connectivity index (χ1) is 8.35. The molecule has 0 heterocycles. The van der Waals surface area contributed by atoms with Crippen LogP contribution in [0.2, 0.25) is 0 Å². The predicted molar refractivity (Wildman–Crippen MR) is 93.5 cm³/mol. The maximum absolute atomic E-state index is 5.29. The van der Waals surface area contributed by atoms with Crippen molar-refractivity contribution < 1.29 is 4.74 Å². The molecule has 4 nitrogen and oxygen atoms in total. The molecule has 0 atom stereocenters. The van der Waals surface area contributed by atoms with Gasteiger partial charge in [-0.1, -0.05) is 0 Å². The van der Waals surface area contributed by atoms with Gasteiger partial charge in [0.25, 0.3) is 0 Å². The Labute approximate surface area is 133 Å². The number of thioether (sulfide) groups is 1. The molecule has 0 rings (SSSR count). The number of halogens is 1. The van der Waals surface area contributed by atoms with Gasteiger partial charge in [-0.2, -0.15) is 11.8 Å². The molecule has 0 aliphatic heterocycles. The zero-order valence-electron chi connectivity index (χ0n) is 11.8. The average Bonchev–Trinajstić information content (AvgIpc) is 2.34. The molecule has 110 valence electrons. The van der Waals surface area contributed by atoms with Crippen LogP contribution in [0.5, 0.6) is 0 Å². The fourth-order valence-electron chi connectivity index (χ4n) is 1.27. The minimum Gasteiger partial charge on any atom is -0.382 e. The Morgan fingerprint density at radius 1 is 1.22 bits per heavy atom. The second-order valence-electron chi connectivity index (χ2n) is 3.58. The van der Waals surface area contributed by atoms with Crippen LogP contribution in [-0.2, 0) is 4.74 Å². The van der Waals surface area contributed by atoms with E-state index in [4.69, 9.17) is 4.74 Å². The van der Waals surface area contributed by atoms with Gasteiger partial charge in [0.05, 0.1) is 0 Å². The molecule has 0 aromatic heterocycles. The van der Waals surface area contributed by atoms with E-state index < -0.39 is 0 Å². The van der Waals surface area contributed by atoms with Gasteiger partial charge in [0.1, 0.15) is 0 Å². The zero-order chi connectivity index (χ0) is 12.8. The lowest BCUT2D eigenvalue weighted by molar-refractivity contribution is 0.145. The van der Waals surface area contributed by atoms with Crippen LogP contribution in [0.1, 0.15) is 26.7 Å². The van der Waals surface area contributed by atoms with Gasteiger partial charge in [-0.05, 0) is 38.7 Å². The summed E-state index contributed by atoms with van der Waals surface area (Å²) in [5, 5.41) is 6.55. The second kappa shape index (κ2) is 17.3. The van der Waals surface area contributed by atoms with Gasteiger partial charge in [-0.3, -0.25) is 4.99 Å². The molecule has 0 aromatic rings. The largest absolute Gasteiger partial charge is 0.382 e. The van der Waals surface area contributed by atoms with Crippen molar-refractivity contribution in [3.05, 3.63) is 0 Å². The molecule has 0 aliphatic carbocycles. The highest BCUT2D eigenvalue weighted by atomic mass is 127. The molecule has 0 bridgehead atoms. The van der Waals surface area contributed by atoms with Crippen LogP contribution in [0.15, 0.2) is 4.99 Å². The maximum Gasteiger partial charge on any atom is 0.191 e. The highest BCUT2D eigenvalue weighted by molar-refractivity contribution is 14.0. The van der Waals surface area contributed by atoms with Crippen LogP contribution in [0.25, 0.3) is 0 Å². The minimum atomic E-state index is 0. The summed E-state index contributed by atoms with van der Waals surface area (Å²) >= 11 is 1.87. The molecule has 18 heavy (non-hydrogen) atoms. The number of rotatable bonds is 10. The fourth-order valence-corrected chi connectivity index (χ4v) is 1.68. The van der Waals surface area contributed by atoms with Gasteiger partial charge < -0.3 is 15.4 Å². The molecule has 0 amide bonds. The molecule has 0 spiro atoms. The van der Waals surface area contributed by atoms with Crippen LogP contribution in [0.4, 0.5) is 0 Å². The van der Waals surface area contributed by atoms with Crippen LogP contribution >= 0.6 is 35.7 Å². The van der Waals surface area contributed by atoms with Gasteiger partial charge >= 0.3 is 0 Å². The highest BCUT2D eigenvalue weighted by Crippen LogP contribution is 1.94. The Morgan fingerprint density at radius 3 is 2.61 bits per heavy atom. The number of guanidine groups is 1. The monoisotopic (exact) mass is 389 g/mol. The van der Waals surface area contributed by atoms with Crippen LogP contribution in [0, 0.1) is 0 Å². The van der Waals surface area contributed by atoms with Crippen molar-refractivity contribution in [2.75, 3.05) is 44.9 Å². The summed E-state index contributed by atoms with van der Waals surface area (Å²) in [5.74, 6) is 2.10. The molecule has 2 N–H and O–H groups in total. The van der Waals surface area contributed by atoms with Crippen molar-refractivity contribution in [1.82, 2.24) is 10.6 Å². The molecular formula is C12H28IN3OS. The first-order valence-electron chi connectivity index (χ1n) is 6.44. The van der Waals surface area contributed by atoms with Crippen molar-refractivity contribution in [2.45, 2.75) is 26.7 Å². The fraction of sp³-hybridized carbons (Fsp3) is 0.917. The van der Waals surface area contributed by atoms with E-state index >= 15 is 0 Å². The summed E-state index contributed by atoms with van der Waals surface area (Å²) in [6, 6.07) is 0. The summed E-state index contributed by atoms with van der Waals surface area (Å²) in [4.78, 5) is 4.51. The van der Waals surface area contributed by atoms with Crippen molar-refractivity contribution in [3.63, 3.8) is 0 Å². The maximum atomic E-state index is 5.29. The first-order valence-corrected chi connectivity index (χ1v) is 7.83. The van der Waals surface area contributed by atoms with E-state index in [0.717, 1.165) is 51.6 Å². The molecule has 0 radical (unpaired) electrons. The Kier molecular flexibility index (Phi) is 19.8. The third kappa shape index (κ3) is 14.4. The molecule has 6 heteroatoms. The molecule has 0 saturated heterocycles. The lowest BCUT2D eigenvalue weighted by Gasteiger charge is -2.11. The summed E-state index contributed by atoms with van der Waals surface area (Å²) in [6.07, 6.45) is 4.28. The van der Waals surface area contributed by atoms with Gasteiger partial charge in [-0.25, -0.2) is 0 Å². The minimum absolute atomic E-state index is 0. The summed E-state index contributed by atoms with van der Waals surface area (Å²) in [5.41, 5.74) is 0. The highest BCUT2D eigenvalue weighted by Gasteiger charge is 1.95. The Balaban J connectivity index is 0. The van der Waals surface area contributed by atoms with Crippen molar-refractivity contribution in [2.24, 2.45) is 4.99 Å². The SMILES string of the molecule is CCNC(=NCCCSC)NCCCOCC.I. The van der Waals surface area contributed by atoms with E-state index in [2.05, 4.69) is 28.8 Å². The normalized spacial score (nSPS) is 10.9. The molecular weight excluding hydrogens is 361 g/mol. The molecule has 0 aromatic carbocycles. The van der Waals surface area contributed by atoms with Crippen LogP contribution in [0.3, 0.4) is 0 Å². The number of nitrogens with zero attached hydrogens (tertiary/aromatic N) is 1. The number of hydrogen-bond acceptors (Lipinski definition) is 3. The van der Waals surface area contributed by atoms with Crippen molar-refractivity contribution in [1.29, 1.82) is 0 Å². The van der Waals surface area contributed by atoms with E-state index in [-0.39, 0.29) is 24.0 Å². The molecule has 0 saturated carbocycles. The standard InChI is InChI=1S/C12H27N3OS.HI/c1-4-13-12(15-9-7-11-17-3)14-8-6-10-16-5-2;/h4-11H2,1-3H3,(H2,13,14,15);1H. The quantitative estimate of drug-likeness (QED) is 0.261. The van der Waals surface area contributed by atoms with Gasteiger partial charge in [-0.15, -0.1) is 24.0 Å². The zero-order valence-corrected chi connectivity index (χ0v) is 15.0. The van der Waals surface area contributed by atoms with Gasteiger partial charge in [0, 0.05) is 32.8 Å². The predicted octanol–water partition coefficient (Wildman–Crippen LogP) is 2.34. The van der Waals surface area contributed by atoms with E-state index in [0.29, 0.717) is 0 Å². The number of hydrogen-bond donors (Lipinski definition) is 2. The van der Waals surface area contributed by atoms with Crippen molar-refractivity contribution in [3.8, 4) is 0 Å². The summed E-state index contributed by atoms with van der Waals surface area (Å²) < 4.78 is 5.29. The number of aliphatic imine (C=N–C) groups is 1. The Hall–Kier alpha value is 0.310. The van der Waals surface area contributed by atoms with Crippen molar-refractivity contribution >= 4 is 41.7 Å². The van der Waals surface area contributed by atoms with Gasteiger partial charge in [0.15, 0.2) is 5.96 Å². The Bertz CT molecular complexity index is 194. The first kappa shape index (κ1) is 20.6. The summed E-state index contributed by atoms with van der Waals surface area (Å²) in [7, 11) is 0. The Morgan fingerprint density at radius 2 is 2.00 bits per heavy atom. The third-order valence-corrected chi connectivity index (χ3v) is 2.78. The molecule has 0 aliphatic rings. The van der Waals surface area contributed by atoms with E-state index in [1.807, 2.05) is 18.7 Å². The second-order valence-corrected chi connectivity index (χ2v) is 4.57. The van der Waals surface area contributed by atoms with E-state index in [1.54, 1.807) is 0 Å². The number of ether oxygens (including phenoxy) is 1. The average molecular weight is 389 g/mol. The molecule has 0 fully saturated rings. The van der Waals surface area contributed by atoms with Crippen LogP contribution in [-0.4, -0.2) is 50.8 Å². The number of nitrogens with one attached hydrogen (secondary N) is 2. The smallest absolute Gasteiger partial charge is 0.191 e. The lowest BCUT2D eigenvalue weighted by atomic mass is 10.4. The molecule has 0 unspecified atom stereocenters. The lowest BCUT2D eigenvalue weighted by Crippen LogP contribution is -2.38. The van der Waals surface area contributed by atoms with Crippen LogP contribution < -0.4 is 10.6 Å². The topological polar surface area (TPSA) is 45.7 Å². The van der Waals surface area contributed by atoms with E-state index in [1.165, 1.54) is 5.75 Å². The third-order valence-electron chi connectivity index (χ3n) is 2.08.